The largest absolute Gasteiger partial charge is 0.329 e. The quantitative estimate of drug-likeness (QED) is 0.474. The number of hydrogen-bond donors (Lipinski definition) is 0. The first-order valence-electron chi connectivity index (χ1n) is 8.88. The van der Waals surface area contributed by atoms with Crippen molar-refractivity contribution in [3.63, 3.8) is 0 Å². The fraction of sp³-hybridized carbons (Fsp3) is 0.250. The van der Waals surface area contributed by atoms with Gasteiger partial charge in [0.15, 0.2) is 9.84 Å². The number of nitrogens with zero attached hydrogens (tertiary/aromatic N) is 1. The minimum Gasteiger partial charge on any atom is -0.329 e. The first kappa shape index (κ1) is 20.9. The molecule has 1 saturated heterocycles. The van der Waals surface area contributed by atoms with Gasteiger partial charge in [-0.3, -0.25) is 4.79 Å². The number of halogens is 3. The van der Waals surface area contributed by atoms with E-state index in [0.717, 1.165) is 10.3 Å². The SMILES string of the molecule is O=C(c1sc2cccc(Cl)c2c1Cl)N(Cc1ccccc1Cl)C1CCS(=O)(=O)C1. The van der Waals surface area contributed by atoms with E-state index in [0.29, 0.717) is 31.8 Å². The van der Waals surface area contributed by atoms with E-state index in [1.807, 2.05) is 24.3 Å². The van der Waals surface area contributed by atoms with Gasteiger partial charge in [0.2, 0.25) is 0 Å². The highest BCUT2D eigenvalue weighted by molar-refractivity contribution is 7.91. The monoisotopic (exact) mass is 487 g/mol. The van der Waals surface area contributed by atoms with Crippen LogP contribution < -0.4 is 0 Å². The van der Waals surface area contributed by atoms with Crippen LogP contribution in [0.5, 0.6) is 0 Å². The number of fused-ring (bicyclic) bond motifs is 1. The molecule has 152 valence electrons. The van der Waals surface area contributed by atoms with E-state index >= 15 is 0 Å². The molecule has 1 atom stereocenters. The van der Waals surface area contributed by atoms with Gasteiger partial charge in [0.25, 0.3) is 5.91 Å². The van der Waals surface area contributed by atoms with Gasteiger partial charge in [-0.15, -0.1) is 11.3 Å². The number of carbonyl (C=O) groups is 1. The Hall–Kier alpha value is -1.31. The smallest absolute Gasteiger partial charge is 0.266 e. The van der Waals surface area contributed by atoms with Crippen molar-refractivity contribution >= 4 is 72.0 Å². The highest BCUT2D eigenvalue weighted by atomic mass is 35.5. The van der Waals surface area contributed by atoms with E-state index in [4.69, 9.17) is 34.8 Å². The van der Waals surface area contributed by atoms with Crippen LogP contribution in [0.15, 0.2) is 42.5 Å². The van der Waals surface area contributed by atoms with Gasteiger partial charge in [0.05, 0.1) is 21.6 Å². The van der Waals surface area contributed by atoms with Crippen molar-refractivity contribution in [2.75, 3.05) is 11.5 Å². The lowest BCUT2D eigenvalue weighted by Gasteiger charge is -2.28. The summed E-state index contributed by atoms with van der Waals surface area (Å²) < 4.78 is 25.0. The molecule has 0 radical (unpaired) electrons. The van der Waals surface area contributed by atoms with Crippen molar-refractivity contribution in [3.05, 3.63) is 68.0 Å². The normalized spacial score (nSPS) is 18.2. The molecule has 4 rings (SSSR count). The maximum absolute atomic E-state index is 13.5. The molecule has 0 spiro atoms. The molecular weight excluding hydrogens is 473 g/mol. The topological polar surface area (TPSA) is 54.5 Å². The molecule has 9 heteroatoms. The van der Waals surface area contributed by atoms with Crippen LogP contribution in [0.3, 0.4) is 0 Å². The summed E-state index contributed by atoms with van der Waals surface area (Å²) in [6.45, 7) is 0.205. The van der Waals surface area contributed by atoms with Gasteiger partial charge in [0.1, 0.15) is 4.88 Å². The average molecular weight is 489 g/mol. The molecule has 0 bridgehead atoms. The fourth-order valence-electron chi connectivity index (χ4n) is 3.54. The molecule has 1 aliphatic rings. The molecule has 4 nitrogen and oxygen atoms in total. The molecular formula is C20H16Cl3NO3S2. The second kappa shape index (κ2) is 8.08. The van der Waals surface area contributed by atoms with Gasteiger partial charge in [0, 0.05) is 27.7 Å². The van der Waals surface area contributed by atoms with Crippen LogP contribution in [0.1, 0.15) is 21.7 Å². The van der Waals surface area contributed by atoms with E-state index in [1.54, 1.807) is 23.1 Å². The van der Waals surface area contributed by atoms with Crippen LogP contribution in [0, 0.1) is 0 Å². The molecule has 0 saturated carbocycles. The summed E-state index contributed by atoms with van der Waals surface area (Å²) in [5.41, 5.74) is 0.752. The number of amides is 1. The Morgan fingerprint density at radius 2 is 1.79 bits per heavy atom. The Morgan fingerprint density at radius 3 is 2.45 bits per heavy atom. The molecule has 0 N–H and O–H groups in total. The molecule has 3 aromatic rings. The van der Waals surface area contributed by atoms with Crippen LogP contribution in [0.2, 0.25) is 15.1 Å². The first-order chi connectivity index (χ1) is 13.8. The maximum Gasteiger partial charge on any atom is 0.266 e. The molecule has 29 heavy (non-hydrogen) atoms. The average Bonchev–Trinajstić information content (AvgIpc) is 3.21. The summed E-state index contributed by atoms with van der Waals surface area (Å²) in [6.07, 6.45) is 0.391. The van der Waals surface area contributed by atoms with Crippen LogP contribution >= 0.6 is 46.1 Å². The van der Waals surface area contributed by atoms with Crippen LogP contribution in [0.25, 0.3) is 10.1 Å². The third kappa shape index (κ3) is 4.14. The second-order valence-electron chi connectivity index (χ2n) is 6.94. The number of hydrogen-bond acceptors (Lipinski definition) is 4. The van der Waals surface area contributed by atoms with Crippen LogP contribution in [-0.2, 0) is 16.4 Å². The number of thiophene rings is 1. The van der Waals surface area contributed by atoms with E-state index in [9.17, 15) is 13.2 Å². The van der Waals surface area contributed by atoms with Gasteiger partial charge >= 0.3 is 0 Å². The second-order valence-corrected chi connectivity index (χ2v) is 11.4. The van der Waals surface area contributed by atoms with Gasteiger partial charge in [-0.1, -0.05) is 59.1 Å². The summed E-state index contributed by atoms with van der Waals surface area (Å²) in [6, 6.07) is 12.2. The van der Waals surface area contributed by atoms with Crippen LogP contribution in [0.4, 0.5) is 0 Å². The van der Waals surface area contributed by atoms with Crippen molar-refractivity contribution in [1.82, 2.24) is 4.90 Å². The first-order valence-corrected chi connectivity index (χ1v) is 12.7. The minimum atomic E-state index is -3.18. The molecule has 1 amide bonds. The standard InChI is InChI=1S/C20H16Cl3NO3S2/c21-14-5-2-1-4-12(14)10-24(13-8-9-29(26,27)11-13)20(25)19-18(23)17-15(22)6-3-7-16(17)28-19/h1-7,13H,8-11H2. The maximum atomic E-state index is 13.5. The van der Waals surface area contributed by atoms with E-state index in [1.165, 1.54) is 11.3 Å². The number of sulfone groups is 1. The van der Waals surface area contributed by atoms with E-state index in [2.05, 4.69) is 0 Å². The zero-order chi connectivity index (χ0) is 20.8. The van der Waals surface area contributed by atoms with Crippen molar-refractivity contribution in [2.24, 2.45) is 0 Å². The van der Waals surface area contributed by atoms with E-state index in [-0.39, 0.29) is 24.0 Å². The van der Waals surface area contributed by atoms with Crippen molar-refractivity contribution < 1.29 is 13.2 Å². The van der Waals surface area contributed by atoms with Crippen molar-refractivity contribution in [2.45, 2.75) is 19.0 Å². The molecule has 1 aliphatic heterocycles. The fourth-order valence-corrected chi connectivity index (χ4v) is 7.37. The lowest BCUT2D eigenvalue weighted by Crippen LogP contribution is -2.40. The summed E-state index contributed by atoms with van der Waals surface area (Å²) in [7, 11) is -3.18. The summed E-state index contributed by atoms with van der Waals surface area (Å²) in [4.78, 5) is 15.5. The third-order valence-corrected chi connectivity index (χ3v) is 9.08. The zero-order valence-electron chi connectivity index (χ0n) is 15.1. The van der Waals surface area contributed by atoms with Crippen molar-refractivity contribution in [3.8, 4) is 0 Å². The minimum absolute atomic E-state index is 0.0630. The predicted octanol–water partition coefficient (Wildman–Crippen LogP) is 5.69. The highest BCUT2D eigenvalue weighted by Crippen LogP contribution is 2.40. The Bertz CT molecular complexity index is 1210. The lowest BCUT2D eigenvalue weighted by atomic mass is 10.1. The van der Waals surface area contributed by atoms with Gasteiger partial charge < -0.3 is 4.90 Å². The van der Waals surface area contributed by atoms with Crippen molar-refractivity contribution in [1.29, 1.82) is 0 Å². The van der Waals surface area contributed by atoms with Crippen LogP contribution in [-0.4, -0.2) is 36.8 Å². The highest BCUT2D eigenvalue weighted by Gasteiger charge is 2.36. The summed E-state index contributed by atoms with van der Waals surface area (Å²) in [5.74, 6) is -0.308. The lowest BCUT2D eigenvalue weighted by molar-refractivity contribution is 0.0686. The molecule has 2 aromatic carbocycles. The Labute approximate surface area is 187 Å². The predicted molar refractivity (Wildman–Crippen MR) is 120 cm³/mol. The van der Waals surface area contributed by atoms with E-state index < -0.39 is 15.9 Å². The molecule has 1 aromatic heterocycles. The molecule has 1 unspecified atom stereocenters. The van der Waals surface area contributed by atoms with Gasteiger partial charge in [-0.25, -0.2) is 8.42 Å². The number of rotatable bonds is 4. The third-order valence-electron chi connectivity index (χ3n) is 5.01. The van der Waals surface area contributed by atoms with Gasteiger partial charge in [-0.2, -0.15) is 0 Å². The number of benzene rings is 2. The molecule has 0 aliphatic carbocycles. The van der Waals surface area contributed by atoms with Gasteiger partial charge in [-0.05, 0) is 30.2 Å². The Balaban J connectivity index is 1.76. The zero-order valence-corrected chi connectivity index (χ0v) is 19.0. The summed E-state index contributed by atoms with van der Waals surface area (Å²) in [5, 5.41) is 1.94. The summed E-state index contributed by atoms with van der Waals surface area (Å²) >= 11 is 20.4. The Morgan fingerprint density at radius 1 is 1.07 bits per heavy atom. The Kier molecular flexibility index (Phi) is 5.84. The number of carbonyl (C=O) groups excluding carboxylic acids is 1. The molecule has 1 fully saturated rings. The molecule has 2 heterocycles.